The first-order chi connectivity index (χ1) is 11.2. The van der Waals surface area contributed by atoms with Crippen molar-refractivity contribution < 1.29 is 4.39 Å². The molecule has 2 rings (SSSR count). The first kappa shape index (κ1) is 21.2. The number of benzene rings is 1. The van der Waals surface area contributed by atoms with Crippen LogP contribution in [0.15, 0.2) is 29.3 Å². The molecular weight excluding hydrogens is 418 g/mol. The minimum Gasteiger partial charge on any atom is -0.355 e. The van der Waals surface area contributed by atoms with E-state index in [1.165, 1.54) is 38.3 Å². The maximum Gasteiger partial charge on any atom is 0.191 e. The van der Waals surface area contributed by atoms with Gasteiger partial charge in [-0.15, -0.1) is 24.0 Å². The highest BCUT2D eigenvalue weighted by atomic mass is 127. The molecule has 1 aliphatic rings. The van der Waals surface area contributed by atoms with E-state index in [1.807, 2.05) is 6.07 Å². The lowest BCUT2D eigenvalue weighted by Gasteiger charge is -2.35. The van der Waals surface area contributed by atoms with Gasteiger partial charge < -0.3 is 10.6 Å². The van der Waals surface area contributed by atoms with E-state index in [-0.39, 0.29) is 29.8 Å². The molecule has 6 heteroatoms. The fraction of sp³-hybridized carbons (Fsp3) is 0.611. The number of aliphatic imine (C=N–C) groups is 1. The molecule has 0 saturated carbocycles. The Morgan fingerprint density at radius 3 is 2.79 bits per heavy atom. The maximum absolute atomic E-state index is 13.6. The van der Waals surface area contributed by atoms with Crippen LogP contribution >= 0.6 is 24.0 Å². The van der Waals surface area contributed by atoms with Gasteiger partial charge in [0, 0.05) is 38.3 Å². The molecule has 2 N–H and O–H groups in total. The minimum atomic E-state index is -0.186. The van der Waals surface area contributed by atoms with Gasteiger partial charge in [-0.1, -0.05) is 31.5 Å². The van der Waals surface area contributed by atoms with Crippen molar-refractivity contribution in [1.29, 1.82) is 0 Å². The van der Waals surface area contributed by atoms with Crippen LogP contribution in [-0.4, -0.2) is 43.6 Å². The van der Waals surface area contributed by atoms with E-state index in [1.54, 1.807) is 19.2 Å². The molecule has 0 aromatic heterocycles. The molecule has 1 saturated heterocycles. The van der Waals surface area contributed by atoms with E-state index >= 15 is 0 Å². The van der Waals surface area contributed by atoms with E-state index < -0.39 is 0 Å². The van der Waals surface area contributed by atoms with Gasteiger partial charge in [-0.25, -0.2) is 4.39 Å². The smallest absolute Gasteiger partial charge is 0.191 e. The predicted octanol–water partition coefficient (Wildman–Crippen LogP) is 3.37. The van der Waals surface area contributed by atoms with Crippen LogP contribution < -0.4 is 10.6 Å². The zero-order valence-corrected chi connectivity index (χ0v) is 17.1. The molecule has 24 heavy (non-hydrogen) atoms. The third kappa shape index (κ3) is 6.55. The second-order valence-corrected chi connectivity index (χ2v) is 6.04. The SMILES string of the molecule is CCC1CCCCN1CCNC(=NC)NCc1ccccc1F.I. The van der Waals surface area contributed by atoms with Crippen LogP contribution in [-0.2, 0) is 6.54 Å². The number of rotatable bonds is 6. The monoisotopic (exact) mass is 448 g/mol. The highest BCUT2D eigenvalue weighted by Crippen LogP contribution is 2.18. The number of nitrogens with one attached hydrogen (secondary N) is 2. The average molecular weight is 448 g/mol. The summed E-state index contributed by atoms with van der Waals surface area (Å²) in [5.41, 5.74) is 0.650. The molecule has 1 atom stereocenters. The molecule has 0 spiro atoms. The van der Waals surface area contributed by atoms with Gasteiger partial charge in [0.05, 0.1) is 0 Å². The predicted molar refractivity (Wildman–Crippen MR) is 110 cm³/mol. The fourth-order valence-electron chi connectivity index (χ4n) is 3.18. The Hall–Kier alpha value is -0.890. The van der Waals surface area contributed by atoms with Crippen molar-refractivity contribution >= 4 is 29.9 Å². The first-order valence-electron chi connectivity index (χ1n) is 8.66. The number of hydrogen-bond acceptors (Lipinski definition) is 2. The van der Waals surface area contributed by atoms with Gasteiger partial charge in [-0.2, -0.15) is 0 Å². The third-order valence-electron chi connectivity index (χ3n) is 4.54. The van der Waals surface area contributed by atoms with Crippen molar-refractivity contribution in [2.45, 2.75) is 45.2 Å². The van der Waals surface area contributed by atoms with Crippen molar-refractivity contribution in [3.63, 3.8) is 0 Å². The van der Waals surface area contributed by atoms with Crippen LogP contribution in [0.1, 0.15) is 38.2 Å². The highest BCUT2D eigenvalue weighted by molar-refractivity contribution is 14.0. The topological polar surface area (TPSA) is 39.7 Å². The quantitative estimate of drug-likeness (QED) is 0.398. The van der Waals surface area contributed by atoms with E-state index in [2.05, 4.69) is 27.4 Å². The van der Waals surface area contributed by atoms with Crippen molar-refractivity contribution in [1.82, 2.24) is 15.5 Å². The lowest BCUT2D eigenvalue weighted by molar-refractivity contribution is 0.147. The number of likely N-dealkylation sites (tertiary alicyclic amines) is 1. The molecule has 1 fully saturated rings. The zero-order chi connectivity index (χ0) is 16.5. The molecule has 1 aromatic carbocycles. The number of piperidine rings is 1. The molecule has 1 unspecified atom stereocenters. The lowest BCUT2D eigenvalue weighted by atomic mass is 10.0. The maximum atomic E-state index is 13.6. The van der Waals surface area contributed by atoms with Gasteiger partial charge in [0.25, 0.3) is 0 Å². The molecule has 0 radical (unpaired) electrons. The summed E-state index contributed by atoms with van der Waals surface area (Å²) in [6.45, 7) is 5.78. The molecule has 1 heterocycles. The molecule has 0 aliphatic carbocycles. The number of nitrogens with zero attached hydrogens (tertiary/aromatic N) is 2. The summed E-state index contributed by atoms with van der Waals surface area (Å²) in [4.78, 5) is 6.78. The Morgan fingerprint density at radius 2 is 2.08 bits per heavy atom. The molecule has 0 bridgehead atoms. The minimum absolute atomic E-state index is 0. The van der Waals surface area contributed by atoms with Gasteiger partial charge in [-0.3, -0.25) is 9.89 Å². The van der Waals surface area contributed by atoms with Crippen LogP contribution in [0, 0.1) is 5.82 Å². The van der Waals surface area contributed by atoms with Gasteiger partial charge in [0.1, 0.15) is 5.82 Å². The summed E-state index contributed by atoms with van der Waals surface area (Å²) in [7, 11) is 1.74. The van der Waals surface area contributed by atoms with E-state index in [0.29, 0.717) is 12.1 Å². The van der Waals surface area contributed by atoms with Crippen molar-refractivity contribution in [3.8, 4) is 0 Å². The van der Waals surface area contributed by atoms with E-state index in [9.17, 15) is 4.39 Å². The summed E-state index contributed by atoms with van der Waals surface area (Å²) in [6, 6.07) is 7.54. The summed E-state index contributed by atoms with van der Waals surface area (Å²) in [5, 5.41) is 6.50. The highest BCUT2D eigenvalue weighted by Gasteiger charge is 2.19. The van der Waals surface area contributed by atoms with Crippen molar-refractivity contribution in [2.75, 3.05) is 26.7 Å². The van der Waals surface area contributed by atoms with Gasteiger partial charge in [0.15, 0.2) is 5.96 Å². The van der Waals surface area contributed by atoms with Crippen molar-refractivity contribution in [3.05, 3.63) is 35.6 Å². The van der Waals surface area contributed by atoms with Gasteiger partial charge in [-0.05, 0) is 31.9 Å². The largest absolute Gasteiger partial charge is 0.355 e. The van der Waals surface area contributed by atoms with Crippen molar-refractivity contribution in [2.24, 2.45) is 4.99 Å². The fourth-order valence-corrected chi connectivity index (χ4v) is 3.18. The summed E-state index contributed by atoms with van der Waals surface area (Å²) < 4.78 is 13.6. The van der Waals surface area contributed by atoms with Gasteiger partial charge in [0.2, 0.25) is 0 Å². The second-order valence-electron chi connectivity index (χ2n) is 6.04. The third-order valence-corrected chi connectivity index (χ3v) is 4.54. The normalized spacial score (nSPS) is 18.8. The lowest BCUT2D eigenvalue weighted by Crippen LogP contribution is -2.45. The Morgan fingerprint density at radius 1 is 1.29 bits per heavy atom. The molecule has 1 aromatic rings. The molecule has 136 valence electrons. The molecule has 4 nitrogen and oxygen atoms in total. The van der Waals surface area contributed by atoms with Crippen LogP contribution in [0.2, 0.25) is 0 Å². The number of guanidine groups is 1. The molecule has 0 amide bonds. The summed E-state index contributed by atoms with van der Waals surface area (Å²) in [6.07, 6.45) is 5.20. The Bertz CT molecular complexity index is 510. The average Bonchev–Trinajstić information content (AvgIpc) is 2.59. The Labute approximate surface area is 162 Å². The van der Waals surface area contributed by atoms with E-state index in [0.717, 1.165) is 25.1 Å². The number of hydrogen-bond donors (Lipinski definition) is 2. The first-order valence-corrected chi connectivity index (χ1v) is 8.66. The van der Waals surface area contributed by atoms with E-state index in [4.69, 9.17) is 0 Å². The number of halogens is 2. The van der Waals surface area contributed by atoms with Crippen LogP contribution in [0.25, 0.3) is 0 Å². The van der Waals surface area contributed by atoms with Crippen LogP contribution in [0.5, 0.6) is 0 Å². The Balaban J connectivity index is 0.00000288. The Kier molecular flexibility index (Phi) is 10.2. The standard InChI is InChI=1S/C18H29FN4.HI/c1-3-16-9-6-7-12-23(16)13-11-21-18(20-2)22-14-15-8-4-5-10-17(15)19;/h4-5,8,10,16H,3,6-7,9,11-14H2,1-2H3,(H2,20,21,22);1H. The molecule has 1 aliphatic heterocycles. The van der Waals surface area contributed by atoms with Crippen LogP contribution in [0.3, 0.4) is 0 Å². The molecular formula is C18H30FIN4. The van der Waals surface area contributed by atoms with Crippen LogP contribution in [0.4, 0.5) is 4.39 Å². The zero-order valence-electron chi connectivity index (χ0n) is 14.7. The second kappa shape index (κ2) is 11.6. The van der Waals surface area contributed by atoms with Gasteiger partial charge >= 0.3 is 0 Å². The summed E-state index contributed by atoms with van der Waals surface area (Å²) in [5.74, 6) is 0.535. The summed E-state index contributed by atoms with van der Waals surface area (Å²) >= 11 is 0.